The van der Waals surface area contributed by atoms with E-state index in [0.29, 0.717) is 32.0 Å². The van der Waals surface area contributed by atoms with Crippen molar-refractivity contribution in [3.63, 3.8) is 0 Å². The molecule has 0 aliphatic carbocycles. The molecule has 2 heterocycles. The van der Waals surface area contributed by atoms with Crippen molar-refractivity contribution in [2.45, 2.75) is 17.9 Å². The Morgan fingerprint density at radius 3 is 2.46 bits per heavy atom. The number of ether oxygens (including phenoxy) is 2. The maximum atomic E-state index is 12.6. The van der Waals surface area contributed by atoms with Crippen molar-refractivity contribution >= 4 is 27.6 Å². The maximum Gasteiger partial charge on any atom is 0.355 e. The minimum atomic E-state index is -3.60. The lowest BCUT2D eigenvalue weighted by atomic mass is 10.3. The Morgan fingerprint density at radius 1 is 1.18 bits per heavy atom. The standard InChI is InChI=1S/C18H21N3O6S/c1-13(27-18(23)16-3-2-8-19-16)17(22)20-14-4-6-15(7-5-14)28(24,25)21-9-11-26-12-10-21/h2-8,13,19H,9-12H2,1H3,(H,20,22)/t13-/m1/s1. The fourth-order valence-corrected chi connectivity index (χ4v) is 4.03. The van der Waals surface area contributed by atoms with E-state index in [0.717, 1.165) is 0 Å². The Bertz CT molecular complexity index is 919. The highest BCUT2D eigenvalue weighted by molar-refractivity contribution is 7.89. The van der Waals surface area contributed by atoms with Gasteiger partial charge in [0.25, 0.3) is 5.91 Å². The minimum Gasteiger partial charge on any atom is -0.448 e. The highest BCUT2D eigenvalue weighted by atomic mass is 32.2. The third kappa shape index (κ3) is 4.58. The molecule has 1 aromatic heterocycles. The average molecular weight is 407 g/mol. The van der Waals surface area contributed by atoms with Crippen LogP contribution < -0.4 is 5.32 Å². The molecule has 1 saturated heterocycles. The topological polar surface area (TPSA) is 118 Å². The molecule has 2 aromatic rings. The molecule has 1 amide bonds. The average Bonchev–Trinajstić information content (AvgIpc) is 3.24. The number of rotatable bonds is 6. The van der Waals surface area contributed by atoms with E-state index in [1.165, 1.54) is 35.5 Å². The summed E-state index contributed by atoms with van der Waals surface area (Å²) < 4.78 is 36.8. The van der Waals surface area contributed by atoms with Crippen molar-refractivity contribution in [3.05, 3.63) is 48.3 Å². The van der Waals surface area contributed by atoms with E-state index < -0.39 is 28.0 Å². The first-order valence-corrected chi connectivity index (χ1v) is 10.1. The molecule has 2 N–H and O–H groups in total. The SMILES string of the molecule is C[C@@H](OC(=O)c1ccc[nH]1)C(=O)Nc1ccc(S(=O)(=O)N2CCOCC2)cc1. The molecule has 1 atom stereocenters. The van der Waals surface area contributed by atoms with Crippen molar-refractivity contribution in [1.82, 2.24) is 9.29 Å². The first-order valence-electron chi connectivity index (χ1n) is 8.71. The van der Waals surface area contributed by atoms with Gasteiger partial charge in [0.15, 0.2) is 6.10 Å². The van der Waals surface area contributed by atoms with Gasteiger partial charge in [-0.2, -0.15) is 4.31 Å². The van der Waals surface area contributed by atoms with Crippen LogP contribution in [0.25, 0.3) is 0 Å². The van der Waals surface area contributed by atoms with E-state index in [-0.39, 0.29) is 10.6 Å². The molecule has 1 aliphatic rings. The van der Waals surface area contributed by atoms with Crippen molar-refractivity contribution < 1.29 is 27.5 Å². The van der Waals surface area contributed by atoms with E-state index in [1.807, 2.05) is 0 Å². The number of aromatic nitrogens is 1. The molecule has 1 aromatic carbocycles. The zero-order valence-corrected chi connectivity index (χ0v) is 16.1. The van der Waals surface area contributed by atoms with E-state index in [4.69, 9.17) is 9.47 Å². The van der Waals surface area contributed by atoms with E-state index in [2.05, 4.69) is 10.3 Å². The Labute approximate surface area is 162 Å². The van der Waals surface area contributed by atoms with Crippen LogP contribution in [-0.2, 0) is 24.3 Å². The smallest absolute Gasteiger partial charge is 0.355 e. The summed E-state index contributed by atoms with van der Waals surface area (Å²) in [6.45, 7) is 2.81. The van der Waals surface area contributed by atoms with Crippen molar-refractivity contribution in [2.24, 2.45) is 0 Å². The lowest BCUT2D eigenvalue weighted by molar-refractivity contribution is -0.123. The summed E-state index contributed by atoms with van der Waals surface area (Å²) >= 11 is 0. The van der Waals surface area contributed by atoms with Gasteiger partial charge in [0.1, 0.15) is 5.69 Å². The second kappa shape index (κ2) is 8.55. The molecular formula is C18H21N3O6S. The molecular weight excluding hydrogens is 386 g/mol. The predicted molar refractivity (Wildman–Crippen MR) is 100 cm³/mol. The van der Waals surface area contributed by atoms with Crippen LogP contribution in [0.2, 0.25) is 0 Å². The highest BCUT2D eigenvalue weighted by Crippen LogP contribution is 2.19. The van der Waals surface area contributed by atoms with Crippen molar-refractivity contribution in [3.8, 4) is 0 Å². The summed E-state index contributed by atoms with van der Waals surface area (Å²) in [6.07, 6.45) is 0.556. The van der Waals surface area contributed by atoms with Gasteiger partial charge in [-0.1, -0.05) is 0 Å². The summed E-state index contributed by atoms with van der Waals surface area (Å²) in [5.41, 5.74) is 0.644. The van der Waals surface area contributed by atoms with Crippen LogP contribution >= 0.6 is 0 Å². The first kappa shape index (κ1) is 20.1. The molecule has 0 spiro atoms. The number of esters is 1. The maximum absolute atomic E-state index is 12.6. The van der Waals surface area contributed by atoms with Gasteiger partial charge in [0, 0.05) is 25.0 Å². The molecule has 0 saturated carbocycles. The second-order valence-electron chi connectivity index (χ2n) is 6.16. The number of morpholine rings is 1. The van der Waals surface area contributed by atoms with E-state index >= 15 is 0 Å². The number of sulfonamides is 1. The lowest BCUT2D eigenvalue weighted by Gasteiger charge is -2.26. The number of hydrogen-bond acceptors (Lipinski definition) is 6. The Hall–Kier alpha value is -2.69. The van der Waals surface area contributed by atoms with Gasteiger partial charge < -0.3 is 19.8 Å². The minimum absolute atomic E-state index is 0.138. The second-order valence-corrected chi connectivity index (χ2v) is 8.10. The van der Waals surface area contributed by atoms with Crippen LogP contribution in [0.1, 0.15) is 17.4 Å². The normalized spacial score (nSPS) is 16.3. The summed E-state index contributed by atoms with van der Waals surface area (Å²) in [7, 11) is -3.60. The van der Waals surface area contributed by atoms with E-state index in [1.54, 1.807) is 18.3 Å². The van der Waals surface area contributed by atoms with Crippen LogP contribution in [0.5, 0.6) is 0 Å². The van der Waals surface area contributed by atoms with Gasteiger partial charge in [0.05, 0.1) is 18.1 Å². The largest absolute Gasteiger partial charge is 0.448 e. The number of hydrogen-bond donors (Lipinski definition) is 2. The lowest BCUT2D eigenvalue weighted by Crippen LogP contribution is -2.40. The number of carbonyl (C=O) groups is 2. The van der Waals surface area contributed by atoms with Crippen molar-refractivity contribution in [2.75, 3.05) is 31.6 Å². The van der Waals surface area contributed by atoms with Crippen LogP contribution in [0, 0.1) is 0 Å². The Balaban J connectivity index is 1.60. The fraction of sp³-hybridized carbons (Fsp3) is 0.333. The molecule has 1 fully saturated rings. The molecule has 0 bridgehead atoms. The summed E-state index contributed by atoms with van der Waals surface area (Å²) in [5, 5.41) is 2.60. The fourth-order valence-electron chi connectivity index (χ4n) is 2.63. The quantitative estimate of drug-likeness (QED) is 0.695. The molecule has 3 rings (SSSR count). The van der Waals surface area contributed by atoms with Crippen molar-refractivity contribution in [1.29, 1.82) is 0 Å². The first-order chi connectivity index (χ1) is 13.4. The van der Waals surface area contributed by atoms with Gasteiger partial charge in [-0.15, -0.1) is 0 Å². The summed E-state index contributed by atoms with van der Waals surface area (Å²) in [6, 6.07) is 9.02. The molecule has 0 unspecified atom stereocenters. The molecule has 28 heavy (non-hydrogen) atoms. The van der Waals surface area contributed by atoms with Crippen LogP contribution in [0.15, 0.2) is 47.5 Å². The molecule has 0 radical (unpaired) electrons. The number of nitrogens with one attached hydrogen (secondary N) is 2. The number of anilines is 1. The number of benzene rings is 1. The Kier molecular flexibility index (Phi) is 6.12. The molecule has 9 nitrogen and oxygen atoms in total. The molecule has 10 heteroatoms. The number of amides is 1. The Morgan fingerprint density at radius 2 is 1.86 bits per heavy atom. The van der Waals surface area contributed by atoms with Gasteiger partial charge in [-0.05, 0) is 43.3 Å². The van der Waals surface area contributed by atoms with Crippen LogP contribution in [-0.4, -0.2) is 62.0 Å². The summed E-state index contributed by atoms with van der Waals surface area (Å²) in [4.78, 5) is 26.9. The van der Waals surface area contributed by atoms with Gasteiger partial charge in [-0.25, -0.2) is 13.2 Å². The monoisotopic (exact) mass is 407 g/mol. The zero-order chi connectivity index (χ0) is 20.1. The van der Waals surface area contributed by atoms with Gasteiger partial charge >= 0.3 is 5.97 Å². The van der Waals surface area contributed by atoms with Crippen LogP contribution in [0.3, 0.4) is 0 Å². The van der Waals surface area contributed by atoms with E-state index in [9.17, 15) is 18.0 Å². The third-order valence-corrected chi connectivity index (χ3v) is 6.11. The van der Waals surface area contributed by atoms with Crippen LogP contribution in [0.4, 0.5) is 5.69 Å². The number of nitrogens with zero attached hydrogens (tertiary/aromatic N) is 1. The molecule has 1 aliphatic heterocycles. The molecule has 150 valence electrons. The zero-order valence-electron chi connectivity index (χ0n) is 15.3. The number of H-pyrrole nitrogens is 1. The number of carbonyl (C=O) groups excluding carboxylic acids is 2. The van der Waals surface area contributed by atoms with Gasteiger partial charge in [0.2, 0.25) is 10.0 Å². The predicted octanol–water partition coefficient (Wildman–Crippen LogP) is 1.22. The number of aromatic amines is 1. The van der Waals surface area contributed by atoms with Gasteiger partial charge in [-0.3, -0.25) is 4.79 Å². The highest BCUT2D eigenvalue weighted by Gasteiger charge is 2.26. The third-order valence-electron chi connectivity index (χ3n) is 4.20. The summed E-state index contributed by atoms with van der Waals surface area (Å²) in [5.74, 6) is -1.16.